The number of fused-ring (bicyclic) bond motifs is 3. The average Bonchev–Trinajstić information content (AvgIpc) is 2.89. The number of carbonyl (C=O) groups excluding carboxylic acids is 2. The molecule has 122 valence electrons. The number of Topliss-reactive ketones (excluding diaryl/α,β-unsaturated/α-hetero) is 1. The average molecular weight is 324 g/mol. The Bertz CT molecular complexity index is 894. The fourth-order valence-electron chi connectivity index (χ4n) is 3.67. The van der Waals surface area contributed by atoms with Crippen molar-refractivity contribution in [1.29, 1.82) is 0 Å². The van der Waals surface area contributed by atoms with Gasteiger partial charge >= 0.3 is 0 Å². The zero-order chi connectivity index (χ0) is 16.9. The third-order valence-electron chi connectivity index (χ3n) is 4.85. The van der Waals surface area contributed by atoms with Gasteiger partial charge in [0.15, 0.2) is 5.78 Å². The molecule has 0 saturated heterocycles. The number of rotatable bonds is 2. The van der Waals surface area contributed by atoms with Crippen LogP contribution in [0.25, 0.3) is 10.8 Å². The van der Waals surface area contributed by atoms with E-state index in [0.717, 1.165) is 10.8 Å². The number of hydrogen-bond donors (Lipinski definition) is 0. The van der Waals surface area contributed by atoms with Crippen molar-refractivity contribution in [3.05, 3.63) is 54.1 Å². The lowest BCUT2D eigenvalue weighted by atomic mass is 9.78. The number of methoxy groups -OCH3 is 2. The van der Waals surface area contributed by atoms with Gasteiger partial charge < -0.3 is 14.2 Å². The Morgan fingerprint density at radius 3 is 2.54 bits per heavy atom. The summed E-state index contributed by atoms with van der Waals surface area (Å²) in [4.78, 5) is 25.5. The molecule has 1 unspecified atom stereocenters. The van der Waals surface area contributed by atoms with Crippen molar-refractivity contribution >= 4 is 22.3 Å². The Kier molecular flexibility index (Phi) is 3.13. The highest BCUT2D eigenvalue weighted by Crippen LogP contribution is 2.49. The van der Waals surface area contributed by atoms with Gasteiger partial charge in [-0.1, -0.05) is 30.3 Å². The summed E-state index contributed by atoms with van der Waals surface area (Å²) in [6, 6.07) is 11.2. The molecule has 2 aromatic carbocycles. The summed E-state index contributed by atoms with van der Waals surface area (Å²) in [7, 11) is 2.87. The molecule has 2 aliphatic rings. The zero-order valence-electron chi connectivity index (χ0n) is 13.4. The van der Waals surface area contributed by atoms with Crippen molar-refractivity contribution in [3.63, 3.8) is 0 Å². The molecule has 0 radical (unpaired) electrons. The fraction of sp³-hybridized carbons (Fsp3) is 0.263. The fourth-order valence-corrected chi connectivity index (χ4v) is 3.67. The number of carbonyl (C=O) groups is 2. The minimum Gasteiger partial charge on any atom is -0.472 e. The van der Waals surface area contributed by atoms with Gasteiger partial charge in [-0.05, 0) is 29.0 Å². The Morgan fingerprint density at radius 2 is 1.79 bits per heavy atom. The van der Waals surface area contributed by atoms with E-state index >= 15 is 0 Å². The van der Waals surface area contributed by atoms with E-state index in [1.807, 2.05) is 30.3 Å². The first kappa shape index (κ1) is 15.1. The molecule has 24 heavy (non-hydrogen) atoms. The molecule has 1 aliphatic heterocycles. The largest absolute Gasteiger partial charge is 0.472 e. The molecule has 0 saturated carbocycles. The molecule has 0 fully saturated rings. The topological polar surface area (TPSA) is 61.8 Å². The quantitative estimate of drug-likeness (QED) is 0.795. The first-order valence-corrected chi connectivity index (χ1v) is 7.65. The van der Waals surface area contributed by atoms with Crippen LogP contribution in [0.15, 0.2) is 48.6 Å². The van der Waals surface area contributed by atoms with Crippen LogP contribution >= 0.6 is 0 Å². The maximum atomic E-state index is 13.4. The number of hydrogen-bond acceptors (Lipinski definition) is 5. The van der Waals surface area contributed by atoms with Crippen LogP contribution in [-0.2, 0) is 14.3 Å². The number of allylic oxidation sites excluding steroid dienone is 1. The summed E-state index contributed by atoms with van der Waals surface area (Å²) in [6.45, 7) is 0. The van der Waals surface area contributed by atoms with Gasteiger partial charge in [0.2, 0.25) is 17.2 Å². The molecule has 1 atom stereocenters. The molecule has 1 aliphatic carbocycles. The van der Waals surface area contributed by atoms with Gasteiger partial charge in [-0.25, -0.2) is 0 Å². The first-order chi connectivity index (χ1) is 11.6. The molecule has 0 bridgehead atoms. The normalized spacial score (nSPS) is 24.4. The van der Waals surface area contributed by atoms with E-state index in [2.05, 4.69) is 0 Å². The van der Waals surface area contributed by atoms with Crippen LogP contribution in [0.4, 0.5) is 0 Å². The van der Waals surface area contributed by atoms with Crippen molar-refractivity contribution < 1.29 is 23.8 Å². The van der Waals surface area contributed by atoms with Crippen molar-refractivity contribution in [3.8, 4) is 5.75 Å². The van der Waals surface area contributed by atoms with Crippen molar-refractivity contribution in [2.24, 2.45) is 0 Å². The van der Waals surface area contributed by atoms with Gasteiger partial charge in [0.05, 0.1) is 12.0 Å². The van der Waals surface area contributed by atoms with Crippen LogP contribution < -0.4 is 4.74 Å². The van der Waals surface area contributed by atoms with E-state index in [1.165, 1.54) is 26.4 Å². The Morgan fingerprint density at radius 1 is 1.04 bits per heavy atom. The molecule has 0 aromatic heterocycles. The van der Waals surface area contributed by atoms with Crippen LogP contribution in [0.5, 0.6) is 5.75 Å². The summed E-state index contributed by atoms with van der Waals surface area (Å²) in [5, 5.41) is 1.73. The van der Waals surface area contributed by atoms with Gasteiger partial charge in [0.25, 0.3) is 0 Å². The third-order valence-corrected chi connectivity index (χ3v) is 4.85. The molecule has 0 amide bonds. The van der Waals surface area contributed by atoms with Crippen molar-refractivity contribution in [1.82, 2.24) is 0 Å². The highest BCUT2D eigenvalue weighted by molar-refractivity contribution is 6.19. The zero-order valence-corrected chi connectivity index (χ0v) is 13.4. The van der Waals surface area contributed by atoms with Crippen LogP contribution in [0.3, 0.4) is 0 Å². The number of benzene rings is 2. The summed E-state index contributed by atoms with van der Waals surface area (Å²) in [6.07, 6.45) is 2.70. The Hall–Kier alpha value is -2.50. The molecule has 4 rings (SSSR count). The number of ether oxygens (including phenoxy) is 3. The molecule has 5 nitrogen and oxygen atoms in total. The van der Waals surface area contributed by atoms with Crippen LogP contribution in [0, 0.1) is 0 Å². The Balaban J connectivity index is 1.98. The lowest BCUT2D eigenvalue weighted by Crippen LogP contribution is -2.64. The summed E-state index contributed by atoms with van der Waals surface area (Å²) in [5.74, 6) is -1.50. The van der Waals surface area contributed by atoms with E-state index in [9.17, 15) is 9.59 Å². The molecule has 1 spiro atoms. The molecular weight excluding hydrogens is 308 g/mol. The van der Waals surface area contributed by atoms with Crippen molar-refractivity contribution in [2.75, 3.05) is 14.2 Å². The predicted molar refractivity (Wildman–Crippen MR) is 87.2 cm³/mol. The summed E-state index contributed by atoms with van der Waals surface area (Å²) < 4.78 is 17.1. The molecule has 2 aromatic rings. The standard InChI is InChI=1S/C19H16O5/c1-22-19(23-2)10-9-13(20)11-18(19)17(21)16-14-6-4-3-5-12(14)7-8-15(16)24-18/h3-10H,11H2,1-2H3. The Labute approximate surface area is 138 Å². The maximum Gasteiger partial charge on any atom is 0.237 e. The SMILES string of the molecule is COC1(OC)C=CC(=O)CC12Oc1ccc3ccccc3c1C2=O. The molecule has 0 N–H and O–H groups in total. The van der Waals surface area contributed by atoms with E-state index in [1.54, 1.807) is 6.07 Å². The van der Waals surface area contributed by atoms with E-state index in [-0.39, 0.29) is 18.0 Å². The maximum absolute atomic E-state index is 13.4. The highest BCUT2D eigenvalue weighted by atomic mass is 16.7. The van der Waals surface area contributed by atoms with Crippen LogP contribution in [0.1, 0.15) is 16.8 Å². The smallest absolute Gasteiger partial charge is 0.237 e. The van der Waals surface area contributed by atoms with Gasteiger partial charge in [-0.3, -0.25) is 9.59 Å². The summed E-state index contributed by atoms with van der Waals surface area (Å²) >= 11 is 0. The second kappa shape index (κ2) is 5.00. The van der Waals surface area contributed by atoms with Crippen molar-refractivity contribution in [2.45, 2.75) is 17.8 Å². The van der Waals surface area contributed by atoms with Gasteiger partial charge in [-0.2, -0.15) is 0 Å². The van der Waals surface area contributed by atoms with Gasteiger partial charge in [0.1, 0.15) is 5.75 Å². The lowest BCUT2D eigenvalue weighted by Gasteiger charge is -2.43. The second-order valence-corrected chi connectivity index (χ2v) is 5.97. The summed E-state index contributed by atoms with van der Waals surface area (Å²) in [5.41, 5.74) is -1.08. The van der Waals surface area contributed by atoms with Gasteiger partial charge in [-0.15, -0.1) is 0 Å². The second-order valence-electron chi connectivity index (χ2n) is 5.97. The van der Waals surface area contributed by atoms with Crippen LogP contribution in [0.2, 0.25) is 0 Å². The minimum atomic E-state index is -1.55. The molecule has 1 heterocycles. The van der Waals surface area contributed by atoms with E-state index in [4.69, 9.17) is 14.2 Å². The molecular formula is C19H16O5. The van der Waals surface area contributed by atoms with E-state index in [0.29, 0.717) is 11.3 Å². The van der Waals surface area contributed by atoms with E-state index < -0.39 is 11.4 Å². The monoisotopic (exact) mass is 324 g/mol. The highest BCUT2D eigenvalue weighted by Gasteiger charge is 2.65. The minimum absolute atomic E-state index is 0.132. The predicted octanol–water partition coefficient (Wildman–Crippen LogP) is 2.67. The third kappa shape index (κ3) is 1.71. The first-order valence-electron chi connectivity index (χ1n) is 7.65. The number of ketones is 2. The van der Waals surface area contributed by atoms with Gasteiger partial charge in [0, 0.05) is 14.2 Å². The van der Waals surface area contributed by atoms with Crippen LogP contribution in [-0.4, -0.2) is 37.2 Å². The lowest BCUT2D eigenvalue weighted by molar-refractivity contribution is -0.244. The molecule has 5 heteroatoms.